The molecule has 8 heteroatoms. The topological polar surface area (TPSA) is 82.5 Å². The van der Waals surface area contributed by atoms with Crippen molar-refractivity contribution >= 4 is 11.9 Å². The van der Waals surface area contributed by atoms with Crippen molar-refractivity contribution in [1.29, 1.82) is 0 Å². The predicted molar refractivity (Wildman–Crippen MR) is 116 cm³/mol. The number of aromatic nitrogens is 2. The van der Waals surface area contributed by atoms with Crippen LogP contribution in [-0.4, -0.2) is 65.2 Å². The molecule has 2 N–H and O–H groups in total. The summed E-state index contributed by atoms with van der Waals surface area (Å²) in [6.45, 7) is 2.41. The van der Waals surface area contributed by atoms with Crippen molar-refractivity contribution in [3.63, 3.8) is 0 Å². The summed E-state index contributed by atoms with van der Waals surface area (Å²) in [4.78, 5) is 28.6. The number of benzene rings is 1. The van der Waals surface area contributed by atoms with Crippen LogP contribution in [0.2, 0.25) is 0 Å². The average molecular weight is 413 g/mol. The second kappa shape index (κ2) is 10.2. The molecule has 1 unspecified atom stereocenters. The summed E-state index contributed by atoms with van der Waals surface area (Å²) in [5, 5.41) is 9.96. The molecule has 0 fully saturated rings. The summed E-state index contributed by atoms with van der Waals surface area (Å²) in [7, 11) is 5.82. The molecule has 2 aromatic rings. The van der Waals surface area contributed by atoms with Gasteiger partial charge in [-0.05, 0) is 38.1 Å². The van der Waals surface area contributed by atoms with E-state index in [-0.39, 0.29) is 18.0 Å². The smallest absolute Gasteiger partial charge is 0.314 e. The van der Waals surface area contributed by atoms with Crippen molar-refractivity contribution in [3.05, 3.63) is 53.3 Å². The van der Waals surface area contributed by atoms with Crippen molar-refractivity contribution in [2.75, 3.05) is 33.7 Å². The quantitative estimate of drug-likeness (QED) is 0.647. The highest BCUT2D eigenvalue weighted by Crippen LogP contribution is 2.19. The standard InChI is InChI=1S/C22H32N6O2/c1-26(2)20(19-13-25-27(3)15-19)14-24-22(30)23-11-6-9-21(29)28-12-10-17-7-4-5-8-18(17)16-28/h4-5,7-8,13,15,20H,6,9-12,14,16H2,1-3H3,(H2,23,24,30). The molecule has 3 amide bonds. The van der Waals surface area contributed by atoms with Crippen LogP contribution in [0, 0.1) is 0 Å². The summed E-state index contributed by atoms with van der Waals surface area (Å²) in [6.07, 6.45) is 5.75. The third kappa shape index (κ3) is 5.82. The third-order valence-electron chi connectivity index (χ3n) is 5.53. The molecule has 162 valence electrons. The van der Waals surface area contributed by atoms with Gasteiger partial charge in [0.15, 0.2) is 0 Å². The summed E-state index contributed by atoms with van der Waals surface area (Å²) >= 11 is 0. The first-order valence-electron chi connectivity index (χ1n) is 10.4. The maximum absolute atomic E-state index is 12.5. The van der Waals surface area contributed by atoms with Gasteiger partial charge in [-0.3, -0.25) is 9.48 Å². The van der Waals surface area contributed by atoms with E-state index < -0.39 is 0 Å². The van der Waals surface area contributed by atoms with Gasteiger partial charge in [-0.15, -0.1) is 0 Å². The lowest BCUT2D eigenvalue weighted by atomic mass is 9.99. The van der Waals surface area contributed by atoms with E-state index >= 15 is 0 Å². The van der Waals surface area contributed by atoms with E-state index in [9.17, 15) is 9.59 Å². The van der Waals surface area contributed by atoms with Crippen LogP contribution in [0.3, 0.4) is 0 Å². The minimum absolute atomic E-state index is 0.0491. The molecule has 0 saturated heterocycles. The van der Waals surface area contributed by atoms with Gasteiger partial charge in [-0.2, -0.15) is 5.10 Å². The van der Waals surface area contributed by atoms with Crippen molar-refractivity contribution in [1.82, 2.24) is 30.2 Å². The Balaban J connectivity index is 1.35. The van der Waals surface area contributed by atoms with Gasteiger partial charge in [0.2, 0.25) is 5.91 Å². The Labute approximate surface area is 178 Å². The molecule has 0 spiro atoms. The van der Waals surface area contributed by atoms with Crippen LogP contribution < -0.4 is 10.6 Å². The van der Waals surface area contributed by atoms with Crippen LogP contribution in [-0.2, 0) is 24.8 Å². The van der Waals surface area contributed by atoms with E-state index in [0.717, 1.165) is 18.5 Å². The largest absolute Gasteiger partial charge is 0.338 e. The molecule has 2 heterocycles. The second-order valence-corrected chi connectivity index (χ2v) is 8.00. The van der Waals surface area contributed by atoms with Gasteiger partial charge in [-0.25, -0.2) is 4.79 Å². The SMILES string of the molecule is CN(C)C(CNC(=O)NCCCC(=O)N1CCc2ccccc2C1)c1cnn(C)c1. The van der Waals surface area contributed by atoms with Crippen molar-refractivity contribution in [3.8, 4) is 0 Å². The van der Waals surface area contributed by atoms with E-state index in [1.54, 1.807) is 4.68 Å². The van der Waals surface area contributed by atoms with Crippen molar-refractivity contribution in [2.24, 2.45) is 7.05 Å². The number of hydrogen-bond acceptors (Lipinski definition) is 4. The number of nitrogens with one attached hydrogen (secondary N) is 2. The maximum Gasteiger partial charge on any atom is 0.314 e. The Morgan fingerprint density at radius 2 is 1.97 bits per heavy atom. The molecule has 30 heavy (non-hydrogen) atoms. The van der Waals surface area contributed by atoms with Crippen LogP contribution in [0.25, 0.3) is 0 Å². The summed E-state index contributed by atoms with van der Waals surface area (Å²) in [6, 6.07) is 8.12. The Bertz CT molecular complexity index is 863. The molecule has 8 nitrogen and oxygen atoms in total. The summed E-state index contributed by atoms with van der Waals surface area (Å²) in [5.41, 5.74) is 3.62. The number of fused-ring (bicyclic) bond motifs is 1. The molecule has 0 bridgehead atoms. The van der Waals surface area contributed by atoms with E-state index in [4.69, 9.17) is 0 Å². The fourth-order valence-electron chi connectivity index (χ4n) is 3.77. The van der Waals surface area contributed by atoms with E-state index in [1.165, 1.54) is 11.1 Å². The van der Waals surface area contributed by atoms with Crippen LogP contribution in [0.1, 0.15) is 35.6 Å². The number of urea groups is 1. The first kappa shape index (κ1) is 21.8. The zero-order chi connectivity index (χ0) is 21.5. The van der Waals surface area contributed by atoms with Crippen LogP contribution >= 0.6 is 0 Å². The zero-order valence-corrected chi connectivity index (χ0v) is 18.1. The molecule has 1 aliphatic heterocycles. The van der Waals surface area contributed by atoms with Gasteiger partial charge in [0.25, 0.3) is 0 Å². The highest BCUT2D eigenvalue weighted by atomic mass is 16.2. The Morgan fingerprint density at radius 1 is 1.20 bits per heavy atom. The number of amides is 3. The third-order valence-corrected chi connectivity index (χ3v) is 5.53. The number of hydrogen-bond donors (Lipinski definition) is 2. The molecule has 3 rings (SSSR count). The highest BCUT2D eigenvalue weighted by molar-refractivity contribution is 5.77. The number of likely N-dealkylation sites (N-methyl/N-ethyl adjacent to an activating group) is 1. The molecule has 1 aliphatic rings. The van der Waals surface area contributed by atoms with Gasteiger partial charge in [0.05, 0.1) is 12.2 Å². The van der Waals surface area contributed by atoms with E-state index in [0.29, 0.717) is 32.5 Å². The maximum atomic E-state index is 12.5. The van der Waals surface area contributed by atoms with Gasteiger partial charge in [0.1, 0.15) is 0 Å². The minimum atomic E-state index is -0.218. The molecular weight excluding hydrogens is 380 g/mol. The number of nitrogens with zero attached hydrogens (tertiary/aromatic N) is 4. The lowest BCUT2D eigenvalue weighted by Crippen LogP contribution is -2.41. The minimum Gasteiger partial charge on any atom is -0.338 e. The highest BCUT2D eigenvalue weighted by Gasteiger charge is 2.20. The van der Waals surface area contributed by atoms with Crippen LogP contribution in [0.4, 0.5) is 4.79 Å². The molecule has 0 aliphatic carbocycles. The van der Waals surface area contributed by atoms with Crippen molar-refractivity contribution < 1.29 is 9.59 Å². The fourth-order valence-corrected chi connectivity index (χ4v) is 3.77. The number of carbonyl (C=O) groups is 2. The lowest BCUT2D eigenvalue weighted by molar-refractivity contribution is -0.132. The Kier molecular flexibility index (Phi) is 7.46. The van der Waals surface area contributed by atoms with Gasteiger partial charge >= 0.3 is 6.03 Å². The first-order chi connectivity index (χ1) is 14.4. The molecular formula is C22H32N6O2. The summed E-state index contributed by atoms with van der Waals surface area (Å²) in [5.74, 6) is 0.149. The molecule has 0 saturated carbocycles. The average Bonchev–Trinajstić information content (AvgIpc) is 3.16. The molecule has 1 aromatic carbocycles. The van der Waals surface area contributed by atoms with Crippen molar-refractivity contribution in [2.45, 2.75) is 31.8 Å². The number of aryl methyl sites for hydroxylation is 1. The van der Waals surface area contributed by atoms with Gasteiger partial charge < -0.3 is 20.4 Å². The summed E-state index contributed by atoms with van der Waals surface area (Å²) < 4.78 is 1.75. The van der Waals surface area contributed by atoms with Crippen LogP contribution in [0.5, 0.6) is 0 Å². The van der Waals surface area contributed by atoms with E-state index in [1.807, 2.05) is 55.5 Å². The van der Waals surface area contributed by atoms with Crippen LogP contribution in [0.15, 0.2) is 36.7 Å². The van der Waals surface area contributed by atoms with E-state index in [2.05, 4.69) is 27.9 Å². The second-order valence-electron chi connectivity index (χ2n) is 8.00. The predicted octanol–water partition coefficient (Wildman–Crippen LogP) is 1.69. The molecule has 1 aromatic heterocycles. The first-order valence-corrected chi connectivity index (χ1v) is 10.4. The number of carbonyl (C=O) groups excluding carboxylic acids is 2. The molecule has 1 atom stereocenters. The van der Waals surface area contributed by atoms with Gasteiger partial charge in [-0.1, -0.05) is 24.3 Å². The lowest BCUT2D eigenvalue weighted by Gasteiger charge is -2.29. The number of rotatable bonds is 8. The fraction of sp³-hybridized carbons (Fsp3) is 0.500. The Hall–Kier alpha value is -2.87. The monoisotopic (exact) mass is 412 g/mol. The van der Waals surface area contributed by atoms with Gasteiger partial charge in [0, 0.05) is 51.4 Å². The normalized spacial score (nSPS) is 14.3. The molecule has 0 radical (unpaired) electrons. The zero-order valence-electron chi connectivity index (χ0n) is 18.1. The Morgan fingerprint density at radius 3 is 2.67 bits per heavy atom.